The van der Waals surface area contributed by atoms with Gasteiger partial charge in [0, 0.05) is 37.6 Å². The summed E-state index contributed by atoms with van der Waals surface area (Å²) >= 11 is 0. The lowest BCUT2D eigenvalue weighted by molar-refractivity contribution is -0.132. The van der Waals surface area contributed by atoms with Crippen molar-refractivity contribution in [2.45, 2.75) is 26.3 Å². The number of hydrogen-bond acceptors (Lipinski definition) is 7. The van der Waals surface area contributed by atoms with E-state index in [1.165, 1.54) is 47.5 Å². The molecule has 1 atom stereocenters. The number of amides is 2. The second-order valence-electron chi connectivity index (χ2n) is 9.74. The van der Waals surface area contributed by atoms with Crippen LogP contribution in [0.3, 0.4) is 0 Å². The zero-order chi connectivity index (χ0) is 30.6. The Labute approximate surface area is 245 Å². The number of aromatic nitrogens is 2. The molecule has 2 aromatic carbocycles. The molecule has 0 aliphatic rings. The van der Waals surface area contributed by atoms with Crippen LogP contribution in [0.4, 0.5) is 31.9 Å². The van der Waals surface area contributed by atoms with Gasteiger partial charge in [-0.15, -0.1) is 0 Å². The maximum atomic E-state index is 14.7. The fourth-order valence-corrected chi connectivity index (χ4v) is 3.54. The largest absolute Gasteiger partial charge is 0.369 e. The summed E-state index contributed by atoms with van der Waals surface area (Å²) < 4.78 is 28.2. The minimum atomic E-state index is -0.773. The molecular weight excluding hydrogens is 540 g/mol. The molecule has 0 saturated heterocycles. The maximum absolute atomic E-state index is 14.7. The third-order valence-corrected chi connectivity index (χ3v) is 6.02. The number of anilines is 4. The molecule has 2 amide bonds. The van der Waals surface area contributed by atoms with E-state index in [2.05, 4.69) is 37.8 Å². The molecule has 0 unspecified atom stereocenters. The van der Waals surface area contributed by atoms with E-state index in [0.29, 0.717) is 35.8 Å². The first-order valence-corrected chi connectivity index (χ1v) is 13.4. The van der Waals surface area contributed by atoms with E-state index in [1.807, 2.05) is 25.9 Å². The van der Waals surface area contributed by atoms with Crippen molar-refractivity contribution in [2.75, 3.05) is 50.2 Å². The molecule has 1 heterocycles. The molecule has 0 bridgehead atoms. The van der Waals surface area contributed by atoms with Crippen LogP contribution in [0.1, 0.15) is 31.4 Å². The van der Waals surface area contributed by atoms with Gasteiger partial charge in [-0.1, -0.05) is 30.9 Å². The van der Waals surface area contributed by atoms with E-state index in [-0.39, 0.29) is 17.4 Å². The number of hydrogen-bond donors (Lipinski definition) is 3. The minimum Gasteiger partial charge on any atom is -0.369 e. The van der Waals surface area contributed by atoms with E-state index >= 15 is 0 Å². The summed E-state index contributed by atoms with van der Waals surface area (Å²) in [7, 11) is 5.31. The van der Waals surface area contributed by atoms with Gasteiger partial charge in [0.05, 0.1) is 17.3 Å². The molecule has 220 valence electrons. The van der Waals surface area contributed by atoms with Crippen LogP contribution < -0.4 is 16.0 Å². The molecule has 1 aromatic heterocycles. The number of rotatable bonds is 11. The summed E-state index contributed by atoms with van der Waals surface area (Å²) in [5, 5.41) is 8.86. The van der Waals surface area contributed by atoms with Crippen molar-refractivity contribution < 1.29 is 18.4 Å². The van der Waals surface area contributed by atoms with Crippen LogP contribution in [-0.4, -0.2) is 71.9 Å². The Morgan fingerprint density at radius 2 is 1.81 bits per heavy atom. The van der Waals surface area contributed by atoms with Crippen LogP contribution in [0, 0.1) is 23.5 Å². The molecule has 11 heteroatoms. The minimum absolute atomic E-state index is 0.0555. The molecule has 0 spiro atoms. The van der Waals surface area contributed by atoms with Crippen molar-refractivity contribution in [3.8, 4) is 11.8 Å². The molecule has 0 radical (unpaired) electrons. The van der Waals surface area contributed by atoms with Crippen molar-refractivity contribution in [1.29, 1.82) is 0 Å². The normalized spacial score (nSPS) is 11.5. The van der Waals surface area contributed by atoms with Crippen LogP contribution in [0.15, 0.2) is 60.8 Å². The molecule has 0 saturated carbocycles. The molecule has 42 heavy (non-hydrogen) atoms. The number of nitrogens with one attached hydrogen (secondary N) is 3. The predicted octanol–water partition coefficient (Wildman–Crippen LogP) is 4.62. The monoisotopic (exact) mass is 575 g/mol. The van der Waals surface area contributed by atoms with Crippen LogP contribution in [0.5, 0.6) is 0 Å². The predicted molar refractivity (Wildman–Crippen MR) is 161 cm³/mol. The van der Waals surface area contributed by atoms with Gasteiger partial charge in [-0.2, -0.15) is 4.98 Å². The van der Waals surface area contributed by atoms with Crippen molar-refractivity contribution in [3.05, 3.63) is 83.6 Å². The summed E-state index contributed by atoms with van der Waals surface area (Å²) in [6.07, 6.45) is 5.46. The fourth-order valence-electron chi connectivity index (χ4n) is 3.54. The lowest BCUT2D eigenvalue weighted by atomic mass is 10.1. The number of benzene rings is 2. The van der Waals surface area contributed by atoms with Crippen molar-refractivity contribution in [2.24, 2.45) is 0 Å². The average molecular weight is 576 g/mol. The Balaban J connectivity index is 1.77. The van der Waals surface area contributed by atoms with Gasteiger partial charge in [0.2, 0.25) is 17.8 Å². The van der Waals surface area contributed by atoms with Crippen molar-refractivity contribution >= 4 is 35.0 Å². The van der Waals surface area contributed by atoms with Crippen LogP contribution in [0.25, 0.3) is 0 Å². The lowest BCUT2D eigenvalue weighted by Gasteiger charge is -2.23. The third kappa shape index (κ3) is 9.38. The number of nitrogens with zero attached hydrogens (tertiary/aromatic N) is 4. The van der Waals surface area contributed by atoms with E-state index in [1.54, 1.807) is 32.2 Å². The van der Waals surface area contributed by atoms with Gasteiger partial charge < -0.3 is 25.8 Å². The zero-order valence-corrected chi connectivity index (χ0v) is 24.3. The number of carbonyl (C=O) groups is 2. The Kier molecular flexibility index (Phi) is 11.5. The summed E-state index contributed by atoms with van der Waals surface area (Å²) in [6, 6.07) is 9.21. The quantitative estimate of drug-likeness (QED) is 0.227. The first kappa shape index (κ1) is 31.7. The Bertz CT molecular complexity index is 1500. The highest BCUT2D eigenvalue weighted by atomic mass is 19.1. The summed E-state index contributed by atoms with van der Waals surface area (Å²) in [5.74, 6) is 4.67. The lowest BCUT2D eigenvalue weighted by Crippen LogP contribution is -2.42. The Hall–Kier alpha value is -4.82. The van der Waals surface area contributed by atoms with E-state index in [0.717, 1.165) is 6.42 Å². The zero-order valence-electron chi connectivity index (χ0n) is 24.3. The van der Waals surface area contributed by atoms with Gasteiger partial charge in [0.25, 0.3) is 0 Å². The number of carbonyl (C=O) groups excluding carboxylic acids is 2. The van der Waals surface area contributed by atoms with Gasteiger partial charge in [-0.05, 0) is 63.8 Å². The summed E-state index contributed by atoms with van der Waals surface area (Å²) in [5.41, 5.74) is 1.30. The first-order valence-electron chi connectivity index (χ1n) is 13.4. The molecule has 3 N–H and O–H groups in total. The topological polar surface area (TPSA) is 102 Å². The van der Waals surface area contributed by atoms with E-state index in [9.17, 15) is 18.4 Å². The van der Waals surface area contributed by atoms with Crippen LogP contribution in [0.2, 0.25) is 0 Å². The van der Waals surface area contributed by atoms with Gasteiger partial charge in [-0.3, -0.25) is 9.59 Å². The Morgan fingerprint density at radius 3 is 2.52 bits per heavy atom. The first-order chi connectivity index (χ1) is 20.1. The van der Waals surface area contributed by atoms with Crippen LogP contribution >= 0.6 is 0 Å². The van der Waals surface area contributed by atoms with E-state index < -0.39 is 23.6 Å². The van der Waals surface area contributed by atoms with Crippen LogP contribution in [-0.2, 0) is 9.59 Å². The average Bonchev–Trinajstić information content (AvgIpc) is 2.95. The molecule has 9 nitrogen and oxygen atoms in total. The maximum Gasteiger partial charge on any atom is 0.246 e. The Morgan fingerprint density at radius 1 is 1.05 bits per heavy atom. The second kappa shape index (κ2) is 15.3. The van der Waals surface area contributed by atoms with Gasteiger partial charge in [-0.25, -0.2) is 13.8 Å². The van der Waals surface area contributed by atoms with E-state index in [4.69, 9.17) is 0 Å². The molecule has 0 fully saturated rings. The molecule has 3 rings (SSSR count). The van der Waals surface area contributed by atoms with Crippen molar-refractivity contribution in [1.82, 2.24) is 19.8 Å². The molecular formula is C31H35F2N7O2. The second-order valence-corrected chi connectivity index (χ2v) is 9.74. The van der Waals surface area contributed by atoms with Gasteiger partial charge >= 0.3 is 0 Å². The molecule has 0 aliphatic heterocycles. The number of likely N-dealkylation sites (N-methyl/N-ethyl adjacent to an activating group) is 2. The number of halogens is 2. The van der Waals surface area contributed by atoms with Gasteiger partial charge in [0.15, 0.2) is 0 Å². The molecule has 3 aromatic rings. The highest BCUT2D eigenvalue weighted by Crippen LogP contribution is 2.19. The highest BCUT2D eigenvalue weighted by molar-refractivity contribution is 5.98. The van der Waals surface area contributed by atoms with Gasteiger partial charge in [0.1, 0.15) is 23.5 Å². The standard InChI is InChI=1S/C31H35F2N7O2/c1-6-16-34-29-23(20-35-31(38-29)37-25-10-7-9-24(32)19-25)13-12-22-18-26(14-15-27(22)33)36-30(42)21(2)40(5)28(41)11-8-17-39(3)4/h7-11,14-15,18-21H,6,16-17H2,1-5H3,(H,36,42)(H2,34,35,37,38)/t21-/m0/s1. The van der Waals surface area contributed by atoms with Crippen molar-refractivity contribution in [3.63, 3.8) is 0 Å². The SMILES string of the molecule is CCCNc1nc(Nc2cccc(F)c2)ncc1C#Cc1cc(NC(=O)[C@H](C)N(C)C(=O)C=CCN(C)C)ccc1F. The molecule has 0 aliphatic carbocycles. The third-order valence-electron chi connectivity index (χ3n) is 6.02. The fraction of sp³-hybridized carbons (Fsp3) is 0.290. The summed E-state index contributed by atoms with van der Waals surface area (Å²) in [6.45, 7) is 4.81. The highest BCUT2D eigenvalue weighted by Gasteiger charge is 2.21. The smallest absolute Gasteiger partial charge is 0.246 e. The summed E-state index contributed by atoms with van der Waals surface area (Å²) in [4.78, 5) is 37.2.